The molecule has 1 aromatic carbocycles. The molecule has 0 fully saturated rings. The molecule has 0 atom stereocenters. The summed E-state index contributed by atoms with van der Waals surface area (Å²) in [5, 5.41) is 5.88. The molecule has 0 amide bonds. The van der Waals surface area contributed by atoms with Crippen LogP contribution in [-0.2, 0) is 6.54 Å². The highest BCUT2D eigenvalue weighted by Crippen LogP contribution is 2.16. The Bertz CT molecular complexity index is 668. The molecule has 2 heterocycles. The van der Waals surface area contributed by atoms with Gasteiger partial charge < -0.3 is 5.73 Å². The molecule has 3 aromatic rings. The Morgan fingerprint density at radius 2 is 2.00 bits per heavy atom. The Labute approximate surface area is 123 Å². The molecule has 3 rings (SSSR count). The largest absolute Gasteiger partial charge is 0.399 e. The normalized spacial score (nSPS) is 10.2. The second kappa shape index (κ2) is 6.39. The van der Waals surface area contributed by atoms with E-state index in [9.17, 15) is 0 Å². The molecule has 0 aliphatic carbocycles. The van der Waals surface area contributed by atoms with Gasteiger partial charge in [0, 0.05) is 23.8 Å². The van der Waals surface area contributed by atoms with Gasteiger partial charge in [-0.2, -0.15) is 5.10 Å². The predicted molar refractivity (Wildman–Crippen MR) is 83.8 cm³/mol. The van der Waals surface area contributed by atoms with Crippen molar-refractivity contribution in [3.8, 4) is 0 Å². The summed E-state index contributed by atoms with van der Waals surface area (Å²) >= 11 is 5.50. The Balaban J connectivity index is 0.000000160. The highest BCUT2D eigenvalue weighted by atomic mass is 35.5. The van der Waals surface area contributed by atoms with Gasteiger partial charge in [-0.1, -0.05) is 17.7 Å². The zero-order valence-corrected chi connectivity index (χ0v) is 12.3. The third-order valence-corrected chi connectivity index (χ3v) is 3.06. The quantitative estimate of drug-likeness (QED) is 0.549. The molecule has 0 bridgehead atoms. The number of hydrogen-bond donors (Lipinski definition) is 1. The van der Waals surface area contributed by atoms with E-state index in [1.54, 1.807) is 12.3 Å². The minimum atomic E-state index is 0.551. The second-order valence-electron chi connectivity index (χ2n) is 4.44. The molecule has 4 nitrogen and oxygen atoms in total. The summed E-state index contributed by atoms with van der Waals surface area (Å²) in [4.78, 5) is 3.84. The lowest BCUT2D eigenvalue weighted by molar-refractivity contribution is 0.684. The summed E-state index contributed by atoms with van der Waals surface area (Å²) in [6.45, 7) is 4.94. The van der Waals surface area contributed by atoms with Crippen molar-refractivity contribution in [2.45, 2.75) is 20.4 Å². The first-order valence-corrected chi connectivity index (χ1v) is 6.77. The lowest BCUT2D eigenvalue weighted by Crippen LogP contribution is -1.94. The van der Waals surface area contributed by atoms with Crippen LogP contribution in [0.1, 0.15) is 12.5 Å². The minimum Gasteiger partial charge on any atom is -0.399 e. The van der Waals surface area contributed by atoms with Gasteiger partial charge in [0.1, 0.15) is 5.15 Å². The highest BCUT2D eigenvalue weighted by Gasteiger charge is 1.99. The highest BCUT2D eigenvalue weighted by molar-refractivity contribution is 6.29. The molecule has 104 valence electrons. The molecule has 0 saturated heterocycles. The summed E-state index contributed by atoms with van der Waals surface area (Å²) in [5.74, 6) is 0. The molecule has 0 spiro atoms. The lowest BCUT2D eigenvalue weighted by atomic mass is 10.2. The fourth-order valence-electron chi connectivity index (χ4n) is 1.81. The van der Waals surface area contributed by atoms with E-state index in [1.165, 1.54) is 0 Å². The molecular weight excluding hydrogens is 272 g/mol. The van der Waals surface area contributed by atoms with Crippen molar-refractivity contribution < 1.29 is 0 Å². The van der Waals surface area contributed by atoms with E-state index in [2.05, 4.69) is 17.0 Å². The lowest BCUT2D eigenvalue weighted by Gasteiger charge is -1.97. The molecule has 0 saturated carbocycles. The first kappa shape index (κ1) is 14.3. The fraction of sp³-hybridized carbons (Fsp3) is 0.200. The van der Waals surface area contributed by atoms with Crippen LogP contribution in [0, 0.1) is 6.92 Å². The number of aromatic nitrogens is 3. The molecule has 0 aliphatic rings. The van der Waals surface area contributed by atoms with Crippen molar-refractivity contribution >= 4 is 28.2 Å². The van der Waals surface area contributed by atoms with Crippen LogP contribution in [0.5, 0.6) is 0 Å². The van der Waals surface area contributed by atoms with Gasteiger partial charge in [0.2, 0.25) is 0 Å². The maximum Gasteiger partial charge on any atom is 0.129 e. The number of halogens is 1. The molecule has 2 N–H and O–H groups in total. The minimum absolute atomic E-state index is 0.551. The number of nitrogen functional groups attached to an aromatic ring is 1. The zero-order valence-electron chi connectivity index (χ0n) is 11.5. The number of rotatable bonds is 1. The summed E-state index contributed by atoms with van der Waals surface area (Å²) < 4.78 is 1.95. The van der Waals surface area contributed by atoms with E-state index in [1.807, 2.05) is 42.1 Å². The van der Waals surface area contributed by atoms with E-state index in [0.717, 1.165) is 28.7 Å². The maximum atomic E-state index is 5.64. The number of benzene rings is 1. The van der Waals surface area contributed by atoms with Crippen molar-refractivity contribution in [2.24, 2.45) is 0 Å². The predicted octanol–water partition coefficient (Wildman–Crippen LogP) is 3.68. The van der Waals surface area contributed by atoms with Crippen LogP contribution in [-0.4, -0.2) is 14.8 Å². The number of pyridine rings is 1. The Morgan fingerprint density at radius 3 is 2.60 bits per heavy atom. The zero-order chi connectivity index (χ0) is 14.5. The standard InChI is InChI=1S/C9H11N3.C6H6ClN/c1-2-12-9-4-3-8(10)5-7(9)6-11-12;1-5-2-3-6(7)8-4-5/h3-6H,2,10H2,1H3;2-4H,1H3. The Morgan fingerprint density at radius 1 is 1.20 bits per heavy atom. The number of nitrogens with two attached hydrogens (primary N) is 1. The van der Waals surface area contributed by atoms with E-state index in [0.29, 0.717) is 5.15 Å². The molecule has 0 unspecified atom stereocenters. The molecule has 5 heteroatoms. The van der Waals surface area contributed by atoms with Crippen LogP contribution in [0.3, 0.4) is 0 Å². The SMILES string of the molecule is CCn1ncc2cc(N)ccc21.Cc1ccc(Cl)nc1. The third kappa shape index (κ3) is 3.48. The van der Waals surface area contributed by atoms with Gasteiger partial charge in [0.25, 0.3) is 0 Å². The number of hydrogen-bond acceptors (Lipinski definition) is 3. The van der Waals surface area contributed by atoms with Crippen LogP contribution < -0.4 is 5.73 Å². The molecule has 0 aliphatic heterocycles. The molecular formula is C15H17ClN4. The van der Waals surface area contributed by atoms with Gasteiger partial charge >= 0.3 is 0 Å². The summed E-state index contributed by atoms with van der Waals surface area (Å²) in [6.07, 6.45) is 3.58. The topological polar surface area (TPSA) is 56.7 Å². The number of anilines is 1. The van der Waals surface area contributed by atoms with Crippen molar-refractivity contribution in [1.82, 2.24) is 14.8 Å². The molecule has 2 aromatic heterocycles. The van der Waals surface area contributed by atoms with Crippen molar-refractivity contribution in [3.05, 3.63) is 53.4 Å². The average Bonchev–Trinajstić information content (AvgIpc) is 2.85. The average molecular weight is 289 g/mol. The van der Waals surface area contributed by atoms with Gasteiger partial charge in [0.15, 0.2) is 0 Å². The Kier molecular flexibility index (Phi) is 4.58. The van der Waals surface area contributed by atoms with Crippen LogP contribution in [0.2, 0.25) is 5.15 Å². The van der Waals surface area contributed by atoms with Crippen molar-refractivity contribution in [1.29, 1.82) is 0 Å². The van der Waals surface area contributed by atoms with Gasteiger partial charge in [-0.25, -0.2) is 4.98 Å². The van der Waals surface area contributed by atoms with Gasteiger partial charge in [-0.3, -0.25) is 4.68 Å². The van der Waals surface area contributed by atoms with E-state index in [4.69, 9.17) is 17.3 Å². The maximum absolute atomic E-state index is 5.64. The first-order valence-electron chi connectivity index (χ1n) is 6.39. The smallest absolute Gasteiger partial charge is 0.129 e. The second-order valence-corrected chi connectivity index (χ2v) is 4.82. The fourth-order valence-corrected chi connectivity index (χ4v) is 1.92. The van der Waals surface area contributed by atoms with Crippen molar-refractivity contribution in [2.75, 3.05) is 5.73 Å². The first-order chi connectivity index (χ1) is 9.60. The van der Waals surface area contributed by atoms with Gasteiger partial charge in [-0.15, -0.1) is 0 Å². The molecule has 0 radical (unpaired) electrons. The van der Waals surface area contributed by atoms with Crippen LogP contribution in [0.25, 0.3) is 10.9 Å². The summed E-state index contributed by atoms with van der Waals surface area (Å²) in [6, 6.07) is 9.54. The van der Waals surface area contributed by atoms with E-state index in [-0.39, 0.29) is 0 Å². The summed E-state index contributed by atoms with van der Waals surface area (Å²) in [7, 11) is 0. The van der Waals surface area contributed by atoms with Gasteiger partial charge in [0.05, 0.1) is 11.7 Å². The monoisotopic (exact) mass is 288 g/mol. The number of fused-ring (bicyclic) bond motifs is 1. The number of nitrogens with zero attached hydrogens (tertiary/aromatic N) is 3. The Hall–Kier alpha value is -2.07. The van der Waals surface area contributed by atoms with Crippen LogP contribution in [0.15, 0.2) is 42.7 Å². The van der Waals surface area contributed by atoms with E-state index < -0.39 is 0 Å². The van der Waals surface area contributed by atoms with Gasteiger partial charge in [-0.05, 0) is 43.7 Å². The third-order valence-electron chi connectivity index (χ3n) is 2.84. The number of aryl methyl sites for hydroxylation is 2. The molecule has 20 heavy (non-hydrogen) atoms. The summed E-state index contributed by atoms with van der Waals surface area (Å²) in [5.41, 5.74) is 8.71. The van der Waals surface area contributed by atoms with Crippen LogP contribution >= 0.6 is 11.6 Å². The van der Waals surface area contributed by atoms with E-state index >= 15 is 0 Å². The van der Waals surface area contributed by atoms with Crippen molar-refractivity contribution in [3.63, 3.8) is 0 Å². The van der Waals surface area contributed by atoms with Crippen LogP contribution in [0.4, 0.5) is 5.69 Å².